The number of ether oxygens (including phenoxy) is 1. The Labute approximate surface area is 194 Å². The lowest BCUT2D eigenvalue weighted by Gasteiger charge is -2.32. The lowest BCUT2D eigenvalue weighted by atomic mass is 9.85. The molecule has 7 nitrogen and oxygen atoms in total. The average Bonchev–Trinajstić information content (AvgIpc) is 3.06. The zero-order valence-corrected chi connectivity index (χ0v) is 19.5. The van der Waals surface area contributed by atoms with Crippen molar-refractivity contribution in [3.05, 3.63) is 42.0 Å². The SMILES string of the molecule is CC(C)C[C@@H](C(=O)O[C@H](C)C(=O)N1CCCc2ccccc21)N1C(=O)[C@H]2CC=CC[C@H]2C1=O. The minimum atomic E-state index is -1.02. The second kappa shape index (κ2) is 9.49. The number of para-hydroxylation sites is 1. The molecule has 0 aromatic heterocycles. The normalized spacial score (nSPS) is 23.9. The predicted octanol–water partition coefficient (Wildman–Crippen LogP) is 3.26. The van der Waals surface area contributed by atoms with Crippen molar-refractivity contribution >= 4 is 29.4 Å². The highest BCUT2D eigenvalue weighted by Crippen LogP contribution is 2.37. The van der Waals surface area contributed by atoms with Crippen molar-refractivity contribution in [2.75, 3.05) is 11.4 Å². The van der Waals surface area contributed by atoms with Crippen molar-refractivity contribution in [2.24, 2.45) is 17.8 Å². The van der Waals surface area contributed by atoms with Gasteiger partial charge in [-0.3, -0.25) is 19.3 Å². The molecule has 0 radical (unpaired) electrons. The highest BCUT2D eigenvalue weighted by atomic mass is 16.5. The van der Waals surface area contributed by atoms with Crippen LogP contribution in [-0.4, -0.2) is 47.3 Å². The lowest BCUT2D eigenvalue weighted by molar-refractivity contribution is -0.165. The fourth-order valence-corrected chi connectivity index (χ4v) is 5.17. The minimum Gasteiger partial charge on any atom is -0.451 e. The molecule has 4 rings (SSSR count). The van der Waals surface area contributed by atoms with Crippen molar-refractivity contribution in [3.63, 3.8) is 0 Å². The maximum Gasteiger partial charge on any atom is 0.330 e. The van der Waals surface area contributed by atoms with E-state index < -0.39 is 30.0 Å². The largest absolute Gasteiger partial charge is 0.451 e. The molecule has 0 saturated carbocycles. The monoisotopic (exact) mass is 452 g/mol. The van der Waals surface area contributed by atoms with Crippen LogP contribution in [0.1, 0.15) is 52.0 Å². The molecule has 176 valence electrons. The first-order chi connectivity index (χ1) is 15.8. The third kappa shape index (κ3) is 4.45. The molecule has 7 heteroatoms. The number of rotatable bonds is 6. The fraction of sp³-hybridized carbons (Fsp3) is 0.538. The molecule has 0 unspecified atom stereocenters. The summed E-state index contributed by atoms with van der Waals surface area (Å²) in [4.78, 5) is 55.4. The van der Waals surface area contributed by atoms with E-state index in [0.29, 0.717) is 25.8 Å². The molecular formula is C26H32N2O5. The van der Waals surface area contributed by atoms with Gasteiger partial charge in [-0.15, -0.1) is 0 Å². The van der Waals surface area contributed by atoms with Gasteiger partial charge in [0.25, 0.3) is 5.91 Å². The fourth-order valence-electron chi connectivity index (χ4n) is 5.17. The lowest BCUT2D eigenvalue weighted by Crippen LogP contribution is -2.49. The zero-order chi connectivity index (χ0) is 23.7. The molecular weight excluding hydrogens is 420 g/mol. The summed E-state index contributed by atoms with van der Waals surface area (Å²) in [5, 5.41) is 0. The molecule has 0 N–H and O–H groups in total. The van der Waals surface area contributed by atoms with Gasteiger partial charge in [0.2, 0.25) is 11.8 Å². The molecule has 2 aliphatic heterocycles. The number of carbonyl (C=O) groups excluding carboxylic acids is 4. The van der Waals surface area contributed by atoms with Gasteiger partial charge in [-0.1, -0.05) is 44.2 Å². The Balaban J connectivity index is 1.50. The van der Waals surface area contributed by atoms with Crippen molar-refractivity contribution in [1.82, 2.24) is 4.90 Å². The number of fused-ring (bicyclic) bond motifs is 2. The van der Waals surface area contributed by atoms with Crippen LogP contribution in [0.4, 0.5) is 5.69 Å². The zero-order valence-electron chi connectivity index (χ0n) is 19.5. The third-order valence-electron chi connectivity index (χ3n) is 6.84. The number of benzene rings is 1. The van der Waals surface area contributed by atoms with E-state index in [-0.39, 0.29) is 23.6 Å². The van der Waals surface area contributed by atoms with E-state index in [1.165, 1.54) is 0 Å². The summed E-state index contributed by atoms with van der Waals surface area (Å²) < 4.78 is 5.61. The van der Waals surface area contributed by atoms with Crippen LogP contribution < -0.4 is 4.90 Å². The predicted molar refractivity (Wildman–Crippen MR) is 123 cm³/mol. The van der Waals surface area contributed by atoms with Crippen LogP contribution in [0.3, 0.4) is 0 Å². The van der Waals surface area contributed by atoms with Gasteiger partial charge in [0.15, 0.2) is 6.10 Å². The van der Waals surface area contributed by atoms with Crippen LogP contribution in [0.5, 0.6) is 0 Å². The third-order valence-corrected chi connectivity index (χ3v) is 6.84. The number of allylic oxidation sites excluding steroid dienone is 2. The summed E-state index contributed by atoms with van der Waals surface area (Å²) in [6.45, 7) is 5.98. The second-order valence-electron chi connectivity index (χ2n) is 9.65. The molecule has 0 bridgehead atoms. The Bertz CT molecular complexity index is 959. The van der Waals surface area contributed by atoms with Crippen LogP contribution in [0.15, 0.2) is 36.4 Å². The molecule has 1 aliphatic carbocycles. The van der Waals surface area contributed by atoms with E-state index in [4.69, 9.17) is 4.74 Å². The Morgan fingerprint density at radius 3 is 2.30 bits per heavy atom. The van der Waals surface area contributed by atoms with Crippen molar-refractivity contribution in [2.45, 2.75) is 65.0 Å². The van der Waals surface area contributed by atoms with Crippen molar-refractivity contribution in [3.8, 4) is 0 Å². The van der Waals surface area contributed by atoms with Crippen LogP contribution in [0.2, 0.25) is 0 Å². The number of carbonyl (C=O) groups is 4. The molecule has 1 saturated heterocycles. The maximum absolute atomic E-state index is 13.3. The minimum absolute atomic E-state index is 0.0592. The van der Waals surface area contributed by atoms with Gasteiger partial charge in [-0.05, 0) is 56.6 Å². The number of imide groups is 1. The van der Waals surface area contributed by atoms with Gasteiger partial charge in [0, 0.05) is 12.2 Å². The standard InChI is InChI=1S/C26H32N2O5/c1-16(2)15-22(28-24(30)19-11-5-6-12-20(19)25(28)31)26(32)33-17(3)23(29)27-14-8-10-18-9-4-7-13-21(18)27/h4-7,9,13,16-17,19-20,22H,8,10-12,14-15H2,1-3H3/t17-,19-,20+,22+/m1/s1. The molecule has 1 aromatic rings. The van der Waals surface area contributed by atoms with Gasteiger partial charge in [0.1, 0.15) is 6.04 Å². The Morgan fingerprint density at radius 1 is 1.03 bits per heavy atom. The first-order valence-electron chi connectivity index (χ1n) is 11.9. The number of anilines is 1. The first-order valence-corrected chi connectivity index (χ1v) is 11.9. The number of hydrogen-bond donors (Lipinski definition) is 0. The summed E-state index contributed by atoms with van der Waals surface area (Å²) in [6, 6.07) is 6.73. The summed E-state index contributed by atoms with van der Waals surface area (Å²) in [6.07, 6.45) is 5.89. The Morgan fingerprint density at radius 2 is 1.67 bits per heavy atom. The van der Waals surface area contributed by atoms with Crippen LogP contribution in [-0.2, 0) is 30.3 Å². The molecule has 1 aromatic carbocycles. The van der Waals surface area contributed by atoms with E-state index >= 15 is 0 Å². The summed E-state index contributed by atoms with van der Waals surface area (Å²) in [5.41, 5.74) is 1.94. The van der Waals surface area contributed by atoms with Gasteiger partial charge >= 0.3 is 5.97 Å². The van der Waals surface area contributed by atoms with Crippen molar-refractivity contribution < 1.29 is 23.9 Å². The number of amides is 3. The van der Waals surface area contributed by atoms with Gasteiger partial charge in [-0.25, -0.2) is 4.79 Å². The van der Waals surface area contributed by atoms with E-state index in [9.17, 15) is 19.2 Å². The number of likely N-dealkylation sites (tertiary alicyclic amines) is 1. The molecule has 33 heavy (non-hydrogen) atoms. The topological polar surface area (TPSA) is 84.0 Å². The quantitative estimate of drug-likeness (QED) is 0.376. The van der Waals surface area contributed by atoms with Gasteiger partial charge in [0.05, 0.1) is 11.8 Å². The number of nitrogens with zero attached hydrogens (tertiary/aromatic N) is 2. The molecule has 4 atom stereocenters. The van der Waals surface area contributed by atoms with E-state index in [2.05, 4.69) is 0 Å². The Kier molecular flexibility index (Phi) is 6.68. The van der Waals surface area contributed by atoms with Gasteiger partial charge in [-0.2, -0.15) is 0 Å². The summed E-state index contributed by atoms with van der Waals surface area (Å²) in [5.74, 6) is -2.35. The van der Waals surface area contributed by atoms with E-state index in [1.807, 2.05) is 50.3 Å². The molecule has 2 heterocycles. The number of esters is 1. The maximum atomic E-state index is 13.3. The highest BCUT2D eigenvalue weighted by molar-refractivity contribution is 6.08. The van der Waals surface area contributed by atoms with Crippen LogP contribution in [0.25, 0.3) is 0 Å². The number of aryl methyl sites for hydroxylation is 1. The summed E-state index contributed by atoms with van der Waals surface area (Å²) in [7, 11) is 0. The van der Waals surface area contributed by atoms with E-state index in [1.54, 1.807) is 11.8 Å². The van der Waals surface area contributed by atoms with Crippen molar-refractivity contribution in [1.29, 1.82) is 0 Å². The number of hydrogen-bond acceptors (Lipinski definition) is 5. The molecule has 0 spiro atoms. The highest BCUT2D eigenvalue weighted by Gasteiger charge is 2.51. The molecule has 3 aliphatic rings. The van der Waals surface area contributed by atoms with Crippen LogP contribution >= 0.6 is 0 Å². The first kappa shape index (κ1) is 23.2. The smallest absolute Gasteiger partial charge is 0.330 e. The van der Waals surface area contributed by atoms with Crippen LogP contribution in [0, 0.1) is 17.8 Å². The second-order valence-corrected chi connectivity index (χ2v) is 9.65. The average molecular weight is 453 g/mol. The molecule has 3 amide bonds. The Hall–Kier alpha value is -2.96. The van der Waals surface area contributed by atoms with Gasteiger partial charge < -0.3 is 9.64 Å². The van der Waals surface area contributed by atoms with E-state index in [0.717, 1.165) is 29.0 Å². The summed E-state index contributed by atoms with van der Waals surface area (Å²) >= 11 is 0. The molecule has 1 fully saturated rings.